The average Bonchev–Trinajstić information content (AvgIpc) is 2.60. The molecule has 1 heterocycles. The molecule has 3 N–H and O–H groups in total. The Morgan fingerprint density at radius 2 is 1.70 bits per heavy atom. The van der Waals surface area contributed by atoms with Gasteiger partial charge in [0.05, 0.1) is 9.64 Å². The molecule has 0 aliphatic carbocycles. The van der Waals surface area contributed by atoms with E-state index >= 15 is 0 Å². The van der Waals surface area contributed by atoms with Gasteiger partial charge in [0, 0.05) is 30.9 Å². The highest BCUT2D eigenvalue weighted by Gasteiger charge is 2.33. The van der Waals surface area contributed by atoms with E-state index in [0.29, 0.717) is 31.6 Å². The van der Waals surface area contributed by atoms with E-state index in [2.05, 4.69) is 14.8 Å². The van der Waals surface area contributed by atoms with Gasteiger partial charge in [0.2, 0.25) is 20.0 Å². The minimum atomic E-state index is -3.66. The Bertz CT molecular complexity index is 961. The van der Waals surface area contributed by atoms with E-state index in [4.69, 9.17) is 0 Å². The maximum atomic E-state index is 12.6. The molecule has 2 amide bonds. The zero-order valence-electron chi connectivity index (χ0n) is 18.1. The second kappa shape index (κ2) is 9.21. The van der Waals surface area contributed by atoms with Crippen molar-refractivity contribution < 1.29 is 21.6 Å². The third-order valence-corrected chi connectivity index (χ3v) is 8.61. The summed E-state index contributed by atoms with van der Waals surface area (Å²) in [6.45, 7) is 9.18. The first kappa shape index (κ1) is 24.6. The third-order valence-electron chi connectivity index (χ3n) is 4.70. The minimum Gasteiger partial charge on any atom is -0.324 e. The van der Waals surface area contributed by atoms with Crippen molar-refractivity contribution in [2.75, 3.05) is 18.4 Å². The van der Waals surface area contributed by atoms with Gasteiger partial charge in [-0.15, -0.1) is 0 Å². The summed E-state index contributed by atoms with van der Waals surface area (Å²) in [5.41, 5.74) is 0.377. The van der Waals surface area contributed by atoms with Crippen molar-refractivity contribution in [2.24, 2.45) is 0 Å². The zero-order chi connectivity index (χ0) is 22.7. The number of sulfonamides is 2. The summed E-state index contributed by atoms with van der Waals surface area (Å²) in [5, 5.41) is 2.72. The van der Waals surface area contributed by atoms with Crippen LogP contribution in [-0.4, -0.2) is 57.7 Å². The van der Waals surface area contributed by atoms with E-state index in [1.807, 2.05) is 0 Å². The van der Waals surface area contributed by atoms with Crippen molar-refractivity contribution in [3.63, 3.8) is 0 Å². The Kier molecular flexibility index (Phi) is 7.54. The largest absolute Gasteiger partial charge is 0.324 e. The first-order valence-corrected chi connectivity index (χ1v) is 12.9. The Labute approximate surface area is 179 Å². The van der Waals surface area contributed by atoms with Crippen LogP contribution in [0.1, 0.15) is 47.5 Å². The Hall–Kier alpha value is -1.69. The van der Waals surface area contributed by atoms with Crippen LogP contribution in [0.5, 0.6) is 0 Å². The van der Waals surface area contributed by atoms with Crippen LogP contribution in [0.2, 0.25) is 0 Å². The summed E-state index contributed by atoms with van der Waals surface area (Å²) in [5.74, 6) is 0. The molecule has 9 nitrogen and oxygen atoms in total. The van der Waals surface area contributed by atoms with Crippen LogP contribution in [0, 0.1) is 0 Å². The van der Waals surface area contributed by atoms with Crippen LogP contribution in [0.15, 0.2) is 29.2 Å². The number of hydrogen-bond donors (Lipinski definition) is 3. The second-order valence-electron chi connectivity index (χ2n) is 8.73. The van der Waals surface area contributed by atoms with Crippen LogP contribution >= 0.6 is 0 Å². The molecule has 2 rings (SSSR count). The van der Waals surface area contributed by atoms with Gasteiger partial charge in [-0.1, -0.05) is 6.07 Å². The predicted octanol–water partition coefficient (Wildman–Crippen LogP) is 2.09. The number of amides is 2. The van der Waals surface area contributed by atoms with Crippen molar-refractivity contribution in [3.05, 3.63) is 24.3 Å². The number of nitrogens with zero attached hydrogens (tertiary/aromatic N) is 1. The maximum absolute atomic E-state index is 12.6. The third kappa shape index (κ3) is 6.40. The topological polar surface area (TPSA) is 125 Å². The minimum absolute atomic E-state index is 0.0734. The van der Waals surface area contributed by atoms with Gasteiger partial charge < -0.3 is 10.2 Å². The first-order chi connectivity index (χ1) is 13.7. The van der Waals surface area contributed by atoms with E-state index < -0.39 is 24.8 Å². The molecule has 0 bridgehead atoms. The van der Waals surface area contributed by atoms with Gasteiger partial charge in [0.15, 0.2) is 0 Å². The van der Waals surface area contributed by atoms with Crippen molar-refractivity contribution in [3.8, 4) is 0 Å². The lowest BCUT2D eigenvalue weighted by Gasteiger charge is -2.33. The van der Waals surface area contributed by atoms with Gasteiger partial charge in [-0.3, -0.25) is 0 Å². The maximum Gasteiger partial charge on any atom is 0.321 e. The number of rotatable bonds is 6. The van der Waals surface area contributed by atoms with E-state index in [1.54, 1.807) is 51.7 Å². The second-order valence-corrected chi connectivity index (χ2v) is 12.9. The molecule has 0 atom stereocenters. The molecule has 1 aliphatic heterocycles. The molecule has 1 aromatic carbocycles. The van der Waals surface area contributed by atoms with Gasteiger partial charge in [0.1, 0.15) is 0 Å². The summed E-state index contributed by atoms with van der Waals surface area (Å²) in [6.07, 6.45) is 1.02. The number of urea groups is 1. The van der Waals surface area contributed by atoms with Gasteiger partial charge in [-0.2, -0.15) is 0 Å². The van der Waals surface area contributed by atoms with Crippen LogP contribution in [-0.2, 0) is 20.0 Å². The molecule has 1 fully saturated rings. The number of nitrogens with one attached hydrogen (secondary N) is 3. The normalized spacial score (nSPS) is 16.7. The van der Waals surface area contributed by atoms with Crippen molar-refractivity contribution >= 4 is 31.8 Å². The fourth-order valence-electron chi connectivity index (χ4n) is 2.92. The lowest BCUT2D eigenvalue weighted by molar-refractivity contribution is 0.193. The van der Waals surface area contributed by atoms with Gasteiger partial charge in [-0.25, -0.2) is 31.1 Å². The summed E-state index contributed by atoms with van der Waals surface area (Å²) < 4.78 is 53.6. The lowest BCUT2D eigenvalue weighted by atomic mass is 10.1. The number of benzene rings is 1. The van der Waals surface area contributed by atoms with E-state index in [9.17, 15) is 21.6 Å². The number of likely N-dealkylation sites (tertiary alicyclic amines) is 1. The summed E-state index contributed by atoms with van der Waals surface area (Å²) in [7, 11) is -7.10. The van der Waals surface area contributed by atoms with Crippen LogP contribution in [0.25, 0.3) is 0 Å². The van der Waals surface area contributed by atoms with Crippen molar-refractivity contribution in [1.82, 2.24) is 14.3 Å². The molecule has 0 spiro atoms. The van der Waals surface area contributed by atoms with E-state index in [0.717, 1.165) is 0 Å². The van der Waals surface area contributed by atoms with Crippen molar-refractivity contribution in [1.29, 1.82) is 0 Å². The fraction of sp³-hybridized carbons (Fsp3) is 0.632. The molecule has 0 unspecified atom stereocenters. The number of hydrogen-bond acceptors (Lipinski definition) is 5. The fourth-order valence-corrected chi connectivity index (χ4v) is 5.24. The van der Waals surface area contributed by atoms with Crippen LogP contribution in [0.4, 0.5) is 10.5 Å². The SMILES string of the molecule is CC(C)NS(=O)(=O)c1cccc(NC(=O)N2CCC(NS(=O)(=O)C(C)(C)C)CC2)c1. The standard InChI is InChI=1S/C19H32N4O5S2/c1-14(2)21-29(25,26)17-8-6-7-16(13-17)20-18(24)23-11-9-15(10-12-23)22-30(27,28)19(3,4)5/h6-8,13-15,21-22H,9-12H2,1-5H3,(H,20,24). The molecular formula is C19H32N4O5S2. The number of piperidine rings is 1. The molecule has 1 aliphatic rings. The number of carbonyl (C=O) groups is 1. The molecule has 11 heteroatoms. The van der Waals surface area contributed by atoms with Gasteiger partial charge in [0.25, 0.3) is 0 Å². The molecule has 30 heavy (non-hydrogen) atoms. The van der Waals surface area contributed by atoms with Crippen LogP contribution in [0.3, 0.4) is 0 Å². The number of anilines is 1. The zero-order valence-corrected chi connectivity index (χ0v) is 19.7. The summed E-state index contributed by atoms with van der Waals surface area (Å²) in [4.78, 5) is 14.2. The Morgan fingerprint density at radius 3 is 2.23 bits per heavy atom. The highest BCUT2D eigenvalue weighted by atomic mass is 32.2. The van der Waals surface area contributed by atoms with Crippen LogP contribution < -0.4 is 14.8 Å². The average molecular weight is 461 g/mol. The monoisotopic (exact) mass is 460 g/mol. The Morgan fingerprint density at radius 1 is 1.10 bits per heavy atom. The quantitative estimate of drug-likeness (QED) is 0.599. The Balaban J connectivity index is 1.97. The molecule has 1 aromatic rings. The predicted molar refractivity (Wildman–Crippen MR) is 117 cm³/mol. The first-order valence-electron chi connectivity index (χ1n) is 9.91. The molecule has 0 radical (unpaired) electrons. The molecule has 170 valence electrons. The smallest absolute Gasteiger partial charge is 0.321 e. The van der Waals surface area contributed by atoms with Gasteiger partial charge >= 0.3 is 6.03 Å². The number of carbonyl (C=O) groups excluding carboxylic acids is 1. The molecule has 0 saturated carbocycles. The molecule has 0 aromatic heterocycles. The highest BCUT2D eigenvalue weighted by molar-refractivity contribution is 7.90. The summed E-state index contributed by atoms with van der Waals surface area (Å²) in [6, 6.07) is 5.26. The van der Waals surface area contributed by atoms with E-state index in [1.165, 1.54) is 12.1 Å². The van der Waals surface area contributed by atoms with Crippen molar-refractivity contribution in [2.45, 2.75) is 69.2 Å². The highest BCUT2D eigenvalue weighted by Crippen LogP contribution is 2.20. The lowest BCUT2D eigenvalue weighted by Crippen LogP contribution is -2.50. The van der Waals surface area contributed by atoms with E-state index in [-0.39, 0.29) is 23.0 Å². The summed E-state index contributed by atoms with van der Waals surface area (Å²) >= 11 is 0. The molecular weight excluding hydrogens is 428 g/mol. The molecule has 1 saturated heterocycles. The van der Waals surface area contributed by atoms with Gasteiger partial charge in [-0.05, 0) is 65.7 Å².